The number of nitrogens with one attached hydrogen (secondary N) is 2. The van der Waals surface area contributed by atoms with Gasteiger partial charge in [0.25, 0.3) is 0 Å². The molecule has 1 saturated heterocycles. The largest absolute Gasteiger partial charge is 0.454 e. The van der Waals surface area contributed by atoms with Crippen molar-refractivity contribution in [1.29, 1.82) is 0 Å². The molecule has 2 heterocycles. The van der Waals surface area contributed by atoms with Gasteiger partial charge in [-0.15, -0.1) is 0 Å². The number of esters is 1. The Morgan fingerprint density at radius 1 is 1.00 bits per heavy atom. The van der Waals surface area contributed by atoms with Crippen LogP contribution in [-0.4, -0.2) is 35.3 Å². The van der Waals surface area contributed by atoms with Gasteiger partial charge in [-0.1, -0.05) is 60.7 Å². The number of aromatic amines is 1. The number of hydrogen-bond donors (Lipinski definition) is 2. The quantitative estimate of drug-likeness (QED) is 0.248. The monoisotopic (exact) mass is 512 g/mol. The van der Waals surface area contributed by atoms with E-state index in [0.29, 0.717) is 37.0 Å². The minimum absolute atomic E-state index is 0.159. The van der Waals surface area contributed by atoms with Gasteiger partial charge in [-0.2, -0.15) is 0 Å². The van der Waals surface area contributed by atoms with Crippen molar-refractivity contribution in [2.24, 2.45) is 5.92 Å². The first-order chi connectivity index (χ1) is 18.4. The Morgan fingerprint density at radius 3 is 2.42 bits per heavy atom. The van der Waals surface area contributed by atoms with Gasteiger partial charge in [-0.25, -0.2) is 4.39 Å². The highest BCUT2D eigenvalue weighted by Gasteiger charge is 2.49. The van der Waals surface area contributed by atoms with E-state index in [1.807, 2.05) is 60.7 Å². The summed E-state index contributed by atoms with van der Waals surface area (Å²) in [5, 5.41) is 3.59. The standard InChI is InChI=1S/C31H29FN2O4/c1-19(35)33-17-16-24-23-14-13-22(32)18-25(23)34-29(24)27(21-10-6-3-7-11-21)28-30(36)26(38-31(28)37)15-12-20-8-4-2-5-9-20/h2-11,13-14,18,26-28,34H,12,15-17H2,1H3,(H,33,35). The highest BCUT2D eigenvalue weighted by Crippen LogP contribution is 2.41. The van der Waals surface area contributed by atoms with Gasteiger partial charge in [0.15, 0.2) is 11.9 Å². The molecule has 194 valence electrons. The zero-order valence-electron chi connectivity index (χ0n) is 21.1. The molecule has 1 amide bonds. The Bertz CT molecular complexity index is 1470. The number of Topliss-reactive ketones (excluding diaryl/α,β-unsaturated/α-hetero) is 1. The number of halogens is 1. The number of fused-ring (bicyclic) bond motifs is 1. The average molecular weight is 513 g/mol. The number of cyclic esters (lactones) is 1. The van der Waals surface area contributed by atoms with Crippen LogP contribution in [0.1, 0.15) is 41.6 Å². The lowest BCUT2D eigenvalue weighted by molar-refractivity contribution is -0.144. The van der Waals surface area contributed by atoms with E-state index >= 15 is 0 Å². The number of ether oxygens (including phenoxy) is 1. The predicted molar refractivity (Wildman–Crippen MR) is 142 cm³/mol. The molecular weight excluding hydrogens is 483 g/mol. The van der Waals surface area contributed by atoms with Crippen LogP contribution in [0.25, 0.3) is 10.9 Å². The van der Waals surface area contributed by atoms with Crippen molar-refractivity contribution in [3.63, 3.8) is 0 Å². The number of hydrogen-bond acceptors (Lipinski definition) is 4. The van der Waals surface area contributed by atoms with Gasteiger partial charge in [0.1, 0.15) is 11.7 Å². The molecule has 7 heteroatoms. The molecule has 1 aromatic heterocycles. The minimum atomic E-state index is -1.05. The smallest absolute Gasteiger partial charge is 0.318 e. The summed E-state index contributed by atoms with van der Waals surface area (Å²) in [7, 11) is 0. The van der Waals surface area contributed by atoms with E-state index in [-0.39, 0.29) is 11.7 Å². The van der Waals surface area contributed by atoms with Gasteiger partial charge in [-0.05, 0) is 54.2 Å². The maximum Gasteiger partial charge on any atom is 0.318 e. The third-order valence-electron chi connectivity index (χ3n) is 7.13. The normalized spacial score (nSPS) is 17.9. The molecule has 5 rings (SSSR count). The van der Waals surface area contributed by atoms with Crippen molar-refractivity contribution in [3.05, 3.63) is 107 Å². The minimum Gasteiger partial charge on any atom is -0.454 e. The van der Waals surface area contributed by atoms with Crippen molar-refractivity contribution in [1.82, 2.24) is 10.3 Å². The Labute approximate surface area is 220 Å². The molecule has 6 nitrogen and oxygen atoms in total. The molecule has 1 aliphatic heterocycles. The molecule has 1 aliphatic rings. The molecular formula is C31H29FN2O4. The van der Waals surface area contributed by atoms with E-state index < -0.39 is 29.7 Å². The van der Waals surface area contributed by atoms with Gasteiger partial charge >= 0.3 is 5.97 Å². The van der Waals surface area contributed by atoms with E-state index in [0.717, 1.165) is 22.1 Å². The zero-order chi connectivity index (χ0) is 26.6. The molecule has 0 bridgehead atoms. The van der Waals surface area contributed by atoms with Crippen LogP contribution in [0.15, 0.2) is 78.9 Å². The number of H-pyrrole nitrogens is 1. The fourth-order valence-electron chi connectivity index (χ4n) is 5.37. The summed E-state index contributed by atoms with van der Waals surface area (Å²) in [6, 6.07) is 23.6. The second-order valence-corrected chi connectivity index (χ2v) is 9.66. The summed E-state index contributed by atoms with van der Waals surface area (Å²) >= 11 is 0. The van der Waals surface area contributed by atoms with Crippen LogP contribution in [0.3, 0.4) is 0 Å². The van der Waals surface area contributed by atoms with Gasteiger partial charge in [0, 0.05) is 36.0 Å². The first-order valence-corrected chi connectivity index (χ1v) is 12.8. The molecule has 0 saturated carbocycles. The van der Waals surface area contributed by atoms with Crippen LogP contribution in [0.2, 0.25) is 0 Å². The van der Waals surface area contributed by atoms with Crippen molar-refractivity contribution in [3.8, 4) is 0 Å². The second-order valence-electron chi connectivity index (χ2n) is 9.66. The van der Waals surface area contributed by atoms with Gasteiger partial charge in [0.05, 0.1) is 0 Å². The molecule has 0 radical (unpaired) electrons. The number of benzene rings is 3. The number of carbonyl (C=O) groups is 3. The number of rotatable bonds is 9. The Morgan fingerprint density at radius 2 is 1.71 bits per heavy atom. The first-order valence-electron chi connectivity index (χ1n) is 12.8. The van der Waals surface area contributed by atoms with Crippen LogP contribution in [0.4, 0.5) is 4.39 Å². The van der Waals surface area contributed by atoms with Crippen molar-refractivity contribution < 1.29 is 23.5 Å². The third-order valence-corrected chi connectivity index (χ3v) is 7.13. The number of amides is 1. The van der Waals surface area contributed by atoms with Crippen LogP contribution >= 0.6 is 0 Å². The maximum atomic E-state index is 14.2. The molecule has 38 heavy (non-hydrogen) atoms. The Hall–Kier alpha value is -4.26. The zero-order valence-corrected chi connectivity index (χ0v) is 21.1. The second kappa shape index (κ2) is 11.0. The lowest BCUT2D eigenvalue weighted by Crippen LogP contribution is -2.29. The van der Waals surface area contributed by atoms with E-state index in [2.05, 4.69) is 10.3 Å². The molecule has 1 fully saturated rings. The Kier molecular flexibility index (Phi) is 7.36. The van der Waals surface area contributed by atoms with Crippen molar-refractivity contribution in [2.75, 3.05) is 6.54 Å². The molecule has 3 unspecified atom stereocenters. The highest BCUT2D eigenvalue weighted by molar-refractivity contribution is 6.08. The van der Waals surface area contributed by atoms with E-state index in [4.69, 9.17) is 4.74 Å². The number of aromatic nitrogens is 1. The van der Waals surface area contributed by atoms with Crippen LogP contribution < -0.4 is 5.32 Å². The summed E-state index contributed by atoms with van der Waals surface area (Å²) in [4.78, 5) is 41.9. The summed E-state index contributed by atoms with van der Waals surface area (Å²) in [5.74, 6) is -3.06. The van der Waals surface area contributed by atoms with Gasteiger partial charge < -0.3 is 15.0 Å². The van der Waals surface area contributed by atoms with Crippen molar-refractivity contribution in [2.45, 2.75) is 38.2 Å². The lowest BCUT2D eigenvalue weighted by atomic mass is 9.79. The molecule has 0 aliphatic carbocycles. The average Bonchev–Trinajstić information content (AvgIpc) is 3.40. The summed E-state index contributed by atoms with van der Waals surface area (Å²) in [6.07, 6.45) is 0.626. The first kappa shape index (κ1) is 25.4. The summed E-state index contributed by atoms with van der Waals surface area (Å²) in [6.45, 7) is 1.80. The predicted octanol–water partition coefficient (Wildman–Crippen LogP) is 4.86. The number of ketones is 1. The van der Waals surface area contributed by atoms with Crippen LogP contribution in [0, 0.1) is 11.7 Å². The fraction of sp³-hybridized carbons (Fsp3) is 0.258. The lowest BCUT2D eigenvalue weighted by Gasteiger charge is -2.22. The van der Waals surface area contributed by atoms with E-state index in [1.54, 1.807) is 6.07 Å². The molecule has 4 aromatic rings. The molecule has 3 aromatic carbocycles. The van der Waals surface area contributed by atoms with E-state index in [9.17, 15) is 18.8 Å². The topological polar surface area (TPSA) is 88.3 Å². The maximum absolute atomic E-state index is 14.2. The molecule has 0 spiro atoms. The van der Waals surface area contributed by atoms with Gasteiger partial charge in [0.2, 0.25) is 5.91 Å². The van der Waals surface area contributed by atoms with Crippen molar-refractivity contribution >= 4 is 28.6 Å². The van der Waals surface area contributed by atoms with E-state index in [1.165, 1.54) is 19.1 Å². The summed E-state index contributed by atoms with van der Waals surface area (Å²) in [5.41, 5.74) is 3.90. The van der Waals surface area contributed by atoms with Crippen LogP contribution in [0.5, 0.6) is 0 Å². The fourth-order valence-corrected chi connectivity index (χ4v) is 5.37. The molecule has 2 N–H and O–H groups in total. The van der Waals surface area contributed by atoms with Gasteiger partial charge in [-0.3, -0.25) is 14.4 Å². The SMILES string of the molecule is CC(=O)NCCc1c(C(c2ccccc2)C2C(=O)OC(CCc3ccccc3)C2=O)[nH]c2cc(F)ccc12. The summed E-state index contributed by atoms with van der Waals surface area (Å²) < 4.78 is 19.8. The number of carbonyl (C=O) groups excluding carboxylic acids is 3. The Balaban J connectivity index is 1.54. The number of aryl methyl sites for hydroxylation is 1. The molecule has 3 atom stereocenters. The third kappa shape index (κ3) is 5.23. The van der Waals surface area contributed by atoms with Crippen LogP contribution in [-0.2, 0) is 32.0 Å². The highest BCUT2D eigenvalue weighted by atomic mass is 19.1.